The molecule has 0 saturated carbocycles. The zero-order chi connectivity index (χ0) is 16.1. The number of ether oxygens (including phenoxy) is 1. The minimum Gasteiger partial charge on any atom is -0.496 e. The fourth-order valence-corrected chi connectivity index (χ4v) is 3.48. The van der Waals surface area contributed by atoms with Crippen LogP contribution in [0.25, 0.3) is 0 Å². The molecule has 1 aromatic rings. The third-order valence-corrected chi connectivity index (χ3v) is 4.88. The number of nitrogens with zero attached hydrogens (tertiary/aromatic N) is 2. The number of carbonyl (C=O) groups excluding carboxylic acids is 1. The van der Waals surface area contributed by atoms with Crippen LogP contribution in [0, 0.1) is 0 Å². The first-order valence-electron chi connectivity index (χ1n) is 8.64. The number of piperazine rings is 1. The number of carbonyl (C=O) groups is 1. The van der Waals surface area contributed by atoms with Crippen LogP contribution in [-0.2, 0) is 11.3 Å². The van der Waals surface area contributed by atoms with Gasteiger partial charge in [0.05, 0.1) is 13.2 Å². The Labute approximate surface area is 162 Å². The number of para-hydroxylation sites is 1. The maximum Gasteiger partial charge on any atom is 0.239 e. The van der Waals surface area contributed by atoms with Crippen LogP contribution in [0.4, 0.5) is 0 Å². The standard InChI is InChI=1S/C18H27N3O2.2ClH/c1-23-17-8-3-2-6-15(17)14-20-10-12-21(13-11-20)18(22)16-7-4-5-9-19-16;;/h2-3,6,8,16,19H,4-5,7,9-14H2,1H3;2*1H/t16-;;/m1../s1. The molecule has 0 radical (unpaired) electrons. The van der Waals surface area contributed by atoms with Crippen molar-refractivity contribution in [1.29, 1.82) is 0 Å². The summed E-state index contributed by atoms with van der Waals surface area (Å²) in [5.41, 5.74) is 1.21. The fourth-order valence-electron chi connectivity index (χ4n) is 3.48. The Morgan fingerprint density at radius 1 is 1.16 bits per heavy atom. The first kappa shape index (κ1) is 22.0. The Hall–Kier alpha value is -1.01. The predicted molar refractivity (Wildman–Crippen MR) is 105 cm³/mol. The minimum atomic E-state index is 0. The second-order valence-corrected chi connectivity index (χ2v) is 6.42. The quantitative estimate of drug-likeness (QED) is 0.857. The molecule has 25 heavy (non-hydrogen) atoms. The number of piperidine rings is 1. The van der Waals surface area contributed by atoms with E-state index in [4.69, 9.17) is 4.74 Å². The molecule has 5 nitrogen and oxygen atoms in total. The molecule has 1 N–H and O–H groups in total. The molecule has 3 rings (SSSR count). The number of hydrogen-bond acceptors (Lipinski definition) is 4. The maximum absolute atomic E-state index is 12.5. The molecule has 0 aliphatic carbocycles. The summed E-state index contributed by atoms with van der Waals surface area (Å²) < 4.78 is 5.43. The topological polar surface area (TPSA) is 44.8 Å². The second kappa shape index (κ2) is 10.9. The molecular formula is C18H29Cl2N3O2. The van der Waals surface area contributed by atoms with Gasteiger partial charge in [-0.3, -0.25) is 9.69 Å². The number of methoxy groups -OCH3 is 1. The lowest BCUT2D eigenvalue weighted by molar-refractivity contribution is -0.135. The van der Waals surface area contributed by atoms with E-state index in [2.05, 4.69) is 16.3 Å². The fraction of sp³-hybridized carbons (Fsp3) is 0.611. The molecule has 142 valence electrons. The summed E-state index contributed by atoms with van der Waals surface area (Å²) in [6.07, 6.45) is 3.34. The van der Waals surface area contributed by atoms with Gasteiger partial charge in [-0.05, 0) is 25.5 Å². The van der Waals surface area contributed by atoms with Gasteiger partial charge in [-0.15, -0.1) is 24.8 Å². The molecule has 1 atom stereocenters. The molecule has 1 amide bonds. The number of halogens is 2. The summed E-state index contributed by atoms with van der Waals surface area (Å²) in [5.74, 6) is 1.24. The van der Waals surface area contributed by atoms with E-state index in [0.29, 0.717) is 5.91 Å². The van der Waals surface area contributed by atoms with Gasteiger partial charge in [0.15, 0.2) is 0 Å². The predicted octanol–water partition coefficient (Wildman–Crippen LogP) is 2.33. The highest BCUT2D eigenvalue weighted by molar-refractivity contribution is 5.85. The van der Waals surface area contributed by atoms with Crippen molar-refractivity contribution in [2.45, 2.75) is 31.8 Å². The van der Waals surface area contributed by atoms with Crippen LogP contribution in [0.3, 0.4) is 0 Å². The van der Waals surface area contributed by atoms with E-state index in [9.17, 15) is 4.79 Å². The Morgan fingerprint density at radius 2 is 1.88 bits per heavy atom. The maximum atomic E-state index is 12.5. The van der Waals surface area contributed by atoms with Crippen molar-refractivity contribution in [3.05, 3.63) is 29.8 Å². The van der Waals surface area contributed by atoms with Crippen molar-refractivity contribution >= 4 is 30.7 Å². The molecule has 0 bridgehead atoms. The highest BCUT2D eigenvalue weighted by Crippen LogP contribution is 2.20. The van der Waals surface area contributed by atoms with E-state index in [-0.39, 0.29) is 30.9 Å². The van der Waals surface area contributed by atoms with Gasteiger partial charge < -0.3 is 15.0 Å². The van der Waals surface area contributed by atoms with Crippen LogP contribution in [0.2, 0.25) is 0 Å². The molecule has 2 heterocycles. The Bertz CT molecular complexity index is 531. The van der Waals surface area contributed by atoms with Gasteiger partial charge in [0.25, 0.3) is 0 Å². The number of benzene rings is 1. The van der Waals surface area contributed by atoms with Crippen LogP contribution < -0.4 is 10.1 Å². The Kier molecular flexibility index (Phi) is 9.57. The second-order valence-electron chi connectivity index (χ2n) is 6.42. The molecule has 2 saturated heterocycles. The molecule has 0 unspecified atom stereocenters. The van der Waals surface area contributed by atoms with Crippen molar-refractivity contribution in [2.75, 3.05) is 39.8 Å². The van der Waals surface area contributed by atoms with Gasteiger partial charge in [-0.25, -0.2) is 0 Å². The van der Waals surface area contributed by atoms with Crippen molar-refractivity contribution in [3.63, 3.8) is 0 Å². The van der Waals surface area contributed by atoms with Crippen LogP contribution in [-0.4, -0.2) is 61.6 Å². The van der Waals surface area contributed by atoms with Gasteiger partial charge in [0, 0.05) is 38.3 Å². The van der Waals surface area contributed by atoms with E-state index in [1.165, 1.54) is 12.0 Å². The SMILES string of the molecule is COc1ccccc1CN1CCN(C(=O)[C@H]2CCCCN2)CC1.Cl.Cl. The number of hydrogen-bond donors (Lipinski definition) is 1. The molecule has 1 aromatic carbocycles. The Balaban J connectivity index is 0.00000156. The summed E-state index contributed by atoms with van der Waals surface area (Å²) >= 11 is 0. The van der Waals surface area contributed by atoms with Crippen LogP contribution in [0.5, 0.6) is 5.75 Å². The van der Waals surface area contributed by atoms with E-state index in [1.807, 2.05) is 23.1 Å². The monoisotopic (exact) mass is 389 g/mol. The van der Waals surface area contributed by atoms with Gasteiger partial charge in [-0.1, -0.05) is 24.6 Å². The zero-order valence-electron chi connectivity index (χ0n) is 14.8. The van der Waals surface area contributed by atoms with Gasteiger partial charge in [0.1, 0.15) is 5.75 Å². The van der Waals surface area contributed by atoms with Crippen molar-refractivity contribution in [3.8, 4) is 5.75 Å². The first-order chi connectivity index (χ1) is 11.3. The molecule has 0 aromatic heterocycles. The molecule has 7 heteroatoms. The summed E-state index contributed by atoms with van der Waals surface area (Å²) in [6.45, 7) is 5.36. The highest BCUT2D eigenvalue weighted by Gasteiger charge is 2.28. The smallest absolute Gasteiger partial charge is 0.239 e. The lowest BCUT2D eigenvalue weighted by Crippen LogP contribution is -2.54. The van der Waals surface area contributed by atoms with E-state index < -0.39 is 0 Å². The average molecular weight is 390 g/mol. The van der Waals surface area contributed by atoms with Crippen molar-refractivity contribution < 1.29 is 9.53 Å². The summed E-state index contributed by atoms with van der Waals surface area (Å²) in [6, 6.07) is 8.21. The van der Waals surface area contributed by atoms with Gasteiger partial charge in [-0.2, -0.15) is 0 Å². The van der Waals surface area contributed by atoms with E-state index in [0.717, 1.165) is 57.9 Å². The summed E-state index contributed by atoms with van der Waals surface area (Å²) in [5, 5.41) is 3.36. The van der Waals surface area contributed by atoms with E-state index in [1.54, 1.807) is 7.11 Å². The summed E-state index contributed by atoms with van der Waals surface area (Å²) in [4.78, 5) is 17.0. The first-order valence-corrected chi connectivity index (χ1v) is 8.64. The number of rotatable bonds is 4. The van der Waals surface area contributed by atoms with Crippen molar-refractivity contribution in [2.24, 2.45) is 0 Å². The molecular weight excluding hydrogens is 361 g/mol. The third kappa shape index (κ3) is 5.74. The van der Waals surface area contributed by atoms with Crippen LogP contribution in [0.15, 0.2) is 24.3 Å². The lowest BCUT2D eigenvalue weighted by Gasteiger charge is -2.37. The summed E-state index contributed by atoms with van der Waals surface area (Å²) in [7, 11) is 1.71. The van der Waals surface area contributed by atoms with Gasteiger partial charge in [0.2, 0.25) is 5.91 Å². The zero-order valence-corrected chi connectivity index (χ0v) is 16.4. The van der Waals surface area contributed by atoms with Gasteiger partial charge >= 0.3 is 0 Å². The molecule has 2 aliphatic heterocycles. The molecule has 0 spiro atoms. The van der Waals surface area contributed by atoms with E-state index >= 15 is 0 Å². The largest absolute Gasteiger partial charge is 0.496 e. The average Bonchev–Trinajstić information content (AvgIpc) is 2.63. The number of amides is 1. The van der Waals surface area contributed by atoms with Crippen LogP contribution >= 0.6 is 24.8 Å². The van der Waals surface area contributed by atoms with Crippen molar-refractivity contribution in [1.82, 2.24) is 15.1 Å². The highest BCUT2D eigenvalue weighted by atomic mass is 35.5. The molecule has 2 aliphatic rings. The normalized spacial score (nSPS) is 21.0. The number of nitrogens with one attached hydrogen (secondary N) is 1. The minimum absolute atomic E-state index is 0. The third-order valence-electron chi connectivity index (χ3n) is 4.88. The van der Waals surface area contributed by atoms with Crippen LogP contribution in [0.1, 0.15) is 24.8 Å². The Morgan fingerprint density at radius 3 is 2.52 bits per heavy atom. The lowest BCUT2D eigenvalue weighted by atomic mass is 10.0. The molecule has 2 fully saturated rings.